The lowest BCUT2D eigenvalue weighted by molar-refractivity contribution is -0.119. The normalized spacial score (nSPS) is 11.2. The summed E-state index contributed by atoms with van der Waals surface area (Å²) in [5.74, 6) is -0.165. The van der Waals surface area contributed by atoms with E-state index in [1.165, 1.54) is 4.68 Å². The van der Waals surface area contributed by atoms with Crippen molar-refractivity contribution < 1.29 is 4.79 Å². The Balaban J connectivity index is 1.71. The van der Waals surface area contributed by atoms with Crippen LogP contribution in [-0.2, 0) is 11.3 Å². The van der Waals surface area contributed by atoms with Gasteiger partial charge in [0, 0.05) is 28.5 Å². The highest BCUT2D eigenvalue weighted by atomic mass is 16.2. The molecule has 4 aromatic rings. The largest absolute Gasteiger partial charge is 0.350 e. The zero-order chi connectivity index (χ0) is 19.8. The van der Waals surface area contributed by atoms with Crippen LogP contribution >= 0.6 is 0 Å². The molecule has 6 heteroatoms. The number of nitrogens with zero attached hydrogens (tertiary/aromatic N) is 3. The molecule has 6 nitrogen and oxygen atoms in total. The van der Waals surface area contributed by atoms with Gasteiger partial charge < -0.3 is 9.88 Å². The number of rotatable bonds is 4. The first kappa shape index (κ1) is 18.0. The van der Waals surface area contributed by atoms with Crippen LogP contribution in [0, 0.1) is 13.8 Å². The van der Waals surface area contributed by atoms with E-state index in [0.29, 0.717) is 12.1 Å². The summed E-state index contributed by atoms with van der Waals surface area (Å²) in [4.78, 5) is 30.7. The van der Waals surface area contributed by atoms with Gasteiger partial charge in [-0.2, -0.15) is 5.10 Å². The molecule has 2 aromatic carbocycles. The highest BCUT2D eigenvalue weighted by Gasteiger charge is 2.19. The van der Waals surface area contributed by atoms with Crippen LogP contribution in [0.1, 0.15) is 18.1 Å². The molecule has 28 heavy (non-hydrogen) atoms. The standard InChI is InChI=1S/C22H22N4O2/c1-4-25(19-11-14(2)9-10-15(19)3)20(27)13-26-22(28)21-17(12-23-26)16-7-5-6-8-18(16)24-21/h5-12,24H,4,13H2,1-3H3. The Kier molecular flexibility index (Phi) is 4.47. The van der Waals surface area contributed by atoms with Gasteiger partial charge >= 0.3 is 0 Å². The zero-order valence-corrected chi connectivity index (χ0v) is 16.2. The highest BCUT2D eigenvalue weighted by molar-refractivity contribution is 6.06. The van der Waals surface area contributed by atoms with Crippen LogP contribution in [0.25, 0.3) is 21.8 Å². The monoisotopic (exact) mass is 374 g/mol. The maximum absolute atomic E-state index is 13.0. The van der Waals surface area contributed by atoms with Crippen molar-refractivity contribution in [3.8, 4) is 0 Å². The van der Waals surface area contributed by atoms with Gasteiger partial charge in [-0.15, -0.1) is 0 Å². The minimum atomic E-state index is -0.293. The fraction of sp³-hybridized carbons (Fsp3) is 0.227. The number of H-pyrrole nitrogens is 1. The molecule has 0 aliphatic heterocycles. The molecule has 0 saturated carbocycles. The third-order valence-corrected chi connectivity index (χ3v) is 5.08. The molecule has 0 saturated heterocycles. The van der Waals surface area contributed by atoms with Crippen molar-refractivity contribution in [3.05, 3.63) is 70.1 Å². The summed E-state index contributed by atoms with van der Waals surface area (Å²) in [6.07, 6.45) is 1.65. The number of fused-ring (bicyclic) bond motifs is 3. The summed E-state index contributed by atoms with van der Waals surface area (Å²) in [6, 6.07) is 13.7. The van der Waals surface area contributed by atoms with Crippen LogP contribution in [0.4, 0.5) is 5.69 Å². The van der Waals surface area contributed by atoms with Gasteiger partial charge in [0.25, 0.3) is 5.56 Å². The molecule has 2 heterocycles. The Morgan fingerprint density at radius 3 is 2.71 bits per heavy atom. The van der Waals surface area contributed by atoms with Crippen molar-refractivity contribution >= 4 is 33.4 Å². The van der Waals surface area contributed by atoms with Gasteiger partial charge in [0.15, 0.2) is 0 Å². The fourth-order valence-electron chi connectivity index (χ4n) is 3.59. The second-order valence-corrected chi connectivity index (χ2v) is 6.99. The number of aryl methyl sites for hydroxylation is 2. The number of para-hydroxylation sites is 1. The molecule has 0 spiro atoms. The van der Waals surface area contributed by atoms with Crippen LogP contribution in [0.2, 0.25) is 0 Å². The summed E-state index contributed by atoms with van der Waals surface area (Å²) in [7, 11) is 0. The third kappa shape index (κ3) is 2.97. The number of carbonyl (C=O) groups excluding carboxylic acids is 1. The highest BCUT2D eigenvalue weighted by Crippen LogP contribution is 2.23. The Hall–Kier alpha value is -3.41. The first-order chi connectivity index (χ1) is 13.5. The van der Waals surface area contributed by atoms with Crippen LogP contribution < -0.4 is 10.5 Å². The quantitative estimate of drug-likeness (QED) is 0.594. The van der Waals surface area contributed by atoms with Crippen LogP contribution in [-0.4, -0.2) is 27.2 Å². The Morgan fingerprint density at radius 1 is 1.14 bits per heavy atom. The van der Waals surface area contributed by atoms with Crippen molar-refractivity contribution in [2.24, 2.45) is 0 Å². The summed E-state index contributed by atoms with van der Waals surface area (Å²) < 4.78 is 1.23. The molecule has 1 N–H and O–H groups in total. The second kappa shape index (κ2) is 6.96. The van der Waals surface area contributed by atoms with E-state index < -0.39 is 0 Å². The van der Waals surface area contributed by atoms with E-state index in [1.807, 2.05) is 63.2 Å². The molecule has 0 aliphatic carbocycles. The van der Waals surface area contributed by atoms with Crippen LogP contribution in [0.15, 0.2) is 53.5 Å². The molecule has 0 atom stereocenters. The van der Waals surface area contributed by atoms with Gasteiger partial charge in [0.2, 0.25) is 5.91 Å². The number of amides is 1. The van der Waals surface area contributed by atoms with Crippen molar-refractivity contribution in [1.82, 2.24) is 14.8 Å². The van der Waals surface area contributed by atoms with Crippen LogP contribution in [0.5, 0.6) is 0 Å². The van der Waals surface area contributed by atoms with E-state index in [-0.39, 0.29) is 18.0 Å². The average molecular weight is 374 g/mol. The summed E-state index contributed by atoms with van der Waals surface area (Å²) in [6.45, 7) is 6.32. The SMILES string of the molecule is CCN(C(=O)Cn1ncc2c([nH]c3ccccc32)c1=O)c1cc(C)ccc1C. The maximum atomic E-state index is 13.0. The third-order valence-electron chi connectivity index (χ3n) is 5.08. The summed E-state index contributed by atoms with van der Waals surface area (Å²) in [5.41, 5.74) is 4.03. The van der Waals surface area contributed by atoms with Gasteiger partial charge in [-0.25, -0.2) is 4.68 Å². The predicted molar refractivity (Wildman–Crippen MR) is 112 cm³/mol. The van der Waals surface area contributed by atoms with Crippen molar-refractivity contribution in [2.45, 2.75) is 27.3 Å². The van der Waals surface area contributed by atoms with E-state index in [4.69, 9.17) is 0 Å². The van der Waals surface area contributed by atoms with Crippen molar-refractivity contribution in [1.29, 1.82) is 0 Å². The van der Waals surface area contributed by atoms with Crippen molar-refractivity contribution in [2.75, 3.05) is 11.4 Å². The average Bonchev–Trinajstić information content (AvgIpc) is 3.07. The smallest absolute Gasteiger partial charge is 0.291 e. The van der Waals surface area contributed by atoms with E-state index in [2.05, 4.69) is 10.1 Å². The number of hydrogen-bond acceptors (Lipinski definition) is 3. The molecule has 0 bridgehead atoms. The zero-order valence-electron chi connectivity index (χ0n) is 16.2. The topological polar surface area (TPSA) is 71.0 Å². The van der Waals surface area contributed by atoms with E-state index in [9.17, 15) is 9.59 Å². The molecule has 0 unspecified atom stereocenters. The lowest BCUT2D eigenvalue weighted by Gasteiger charge is -2.23. The Bertz CT molecular complexity index is 1250. The summed E-state index contributed by atoms with van der Waals surface area (Å²) in [5, 5.41) is 5.98. The second-order valence-electron chi connectivity index (χ2n) is 6.99. The first-order valence-corrected chi connectivity index (χ1v) is 9.33. The Morgan fingerprint density at radius 2 is 1.93 bits per heavy atom. The lowest BCUT2D eigenvalue weighted by Crippen LogP contribution is -2.37. The number of anilines is 1. The Labute approximate surface area is 162 Å². The minimum Gasteiger partial charge on any atom is -0.350 e. The predicted octanol–water partition coefficient (Wildman–Crippen LogP) is 3.55. The molecule has 2 aromatic heterocycles. The first-order valence-electron chi connectivity index (χ1n) is 9.33. The maximum Gasteiger partial charge on any atom is 0.291 e. The molecular weight excluding hydrogens is 352 g/mol. The molecule has 0 radical (unpaired) electrons. The number of likely N-dealkylation sites (N-methyl/N-ethyl adjacent to an activating group) is 1. The minimum absolute atomic E-state index is 0.106. The number of nitrogens with one attached hydrogen (secondary N) is 1. The molecule has 4 rings (SSSR count). The molecule has 0 fully saturated rings. The lowest BCUT2D eigenvalue weighted by atomic mass is 10.1. The van der Waals surface area contributed by atoms with Gasteiger partial charge in [-0.1, -0.05) is 30.3 Å². The van der Waals surface area contributed by atoms with E-state index in [1.54, 1.807) is 11.1 Å². The van der Waals surface area contributed by atoms with Crippen LogP contribution in [0.3, 0.4) is 0 Å². The number of carbonyl (C=O) groups is 1. The number of aromatic amines is 1. The van der Waals surface area contributed by atoms with E-state index in [0.717, 1.165) is 33.1 Å². The summed E-state index contributed by atoms with van der Waals surface area (Å²) >= 11 is 0. The number of benzene rings is 2. The molecular formula is C22H22N4O2. The van der Waals surface area contributed by atoms with E-state index >= 15 is 0 Å². The molecule has 142 valence electrons. The number of hydrogen-bond donors (Lipinski definition) is 1. The molecule has 0 aliphatic rings. The fourth-order valence-corrected chi connectivity index (χ4v) is 3.59. The molecule has 1 amide bonds. The van der Waals surface area contributed by atoms with Crippen molar-refractivity contribution in [3.63, 3.8) is 0 Å². The van der Waals surface area contributed by atoms with Gasteiger partial charge in [-0.05, 0) is 44.0 Å². The van der Waals surface area contributed by atoms with Gasteiger partial charge in [0.05, 0.1) is 6.20 Å². The van der Waals surface area contributed by atoms with Gasteiger partial charge in [-0.3, -0.25) is 9.59 Å². The number of aromatic nitrogens is 3. The van der Waals surface area contributed by atoms with Gasteiger partial charge in [0.1, 0.15) is 12.1 Å².